The minimum absolute atomic E-state index is 0.138. The summed E-state index contributed by atoms with van der Waals surface area (Å²) in [4.78, 5) is 17.8. The summed E-state index contributed by atoms with van der Waals surface area (Å²) in [5, 5.41) is 14.5. The van der Waals surface area contributed by atoms with Gasteiger partial charge in [-0.2, -0.15) is 0 Å². The van der Waals surface area contributed by atoms with E-state index in [0.717, 1.165) is 4.88 Å². The molecule has 0 aliphatic carbocycles. The van der Waals surface area contributed by atoms with Crippen LogP contribution in [0.1, 0.15) is 4.88 Å². The molecule has 1 amide bonds. The molecule has 2 N–H and O–H groups in total. The van der Waals surface area contributed by atoms with Gasteiger partial charge in [0.25, 0.3) is 5.91 Å². The molecule has 2 aromatic rings. The third-order valence-corrected chi connectivity index (χ3v) is 4.28. The Morgan fingerprint density at radius 3 is 2.70 bits per heavy atom. The minimum atomic E-state index is -0.138. The topological polar surface area (TPSA) is 61.7 Å². The van der Waals surface area contributed by atoms with E-state index >= 15 is 0 Å². The van der Waals surface area contributed by atoms with E-state index in [9.17, 15) is 9.90 Å². The Bertz CT molecular complexity index is 688. The minimum Gasteiger partial charge on any atom is -0.508 e. The van der Waals surface area contributed by atoms with Crippen molar-refractivity contribution in [1.29, 1.82) is 0 Å². The number of phenols is 1. The van der Waals surface area contributed by atoms with Crippen molar-refractivity contribution >= 4 is 45.9 Å². The summed E-state index contributed by atoms with van der Waals surface area (Å²) in [6.45, 7) is 0. The van der Waals surface area contributed by atoms with Gasteiger partial charge < -0.3 is 10.4 Å². The second kappa shape index (κ2) is 5.52. The van der Waals surface area contributed by atoms with Crippen LogP contribution in [0.3, 0.4) is 0 Å². The fourth-order valence-corrected chi connectivity index (χ4v) is 3.19. The molecule has 0 radical (unpaired) electrons. The highest BCUT2D eigenvalue weighted by Crippen LogP contribution is 2.29. The average Bonchev–Trinajstić information content (AvgIpc) is 3.04. The Kier molecular flexibility index (Phi) is 3.58. The number of amidine groups is 1. The molecular formula is C14H10N2O2S2. The monoisotopic (exact) mass is 302 g/mol. The van der Waals surface area contributed by atoms with E-state index in [0.29, 0.717) is 15.8 Å². The fourth-order valence-electron chi connectivity index (χ4n) is 1.63. The lowest BCUT2D eigenvalue weighted by Gasteiger charge is -1.96. The highest BCUT2D eigenvalue weighted by atomic mass is 32.2. The maximum Gasteiger partial charge on any atom is 0.264 e. The molecular weight excluding hydrogens is 292 g/mol. The van der Waals surface area contributed by atoms with Crippen molar-refractivity contribution in [3.63, 3.8) is 0 Å². The highest BCUT2D eigenvalue weighted by molar-refractivity contribution is 8.18. The molecule has 0 saturated carbocycles. The first-order chi connectivity index (χ1) is 9.70. The zero-order valence-corrected chi connectivity index (χ0v) is 11.9. The molecule has 4 nitrogen and oxygen atoms in total. The predicted molar refractivity (Wildman–Crippen MR) is 83.2 cm³/mol. The van der Waals surface area contributed by atoms with Crippen LogP contribution in [-0.4, -0.2) is 16.2 Å². The number of hydrogen-bond donors (Lipinski definition) is 2. The smallest absolute Gasteiger partial charge is 0.264 e. The lowest BCUT2D eigenvalue weighted by Crippen LogP contribution is -2.19. The van der Waals surface area contributed by atoms with Crippen LogP contribution < -0.4 is 5.32 Å². The van der Waals surface area contributed by atoms with Crippen molar-refractivity contribution < 1.29 is 9.90 Å². The summed E-state index contributed by atoms with van der Waals surface area (Å²) in [6, 6.07) is 10.4. The van der Waals surface area contributed by atoms with E-state index in [1.807, 2.05) is 23.6 Å². The molecule has 1 aromatic heterocycles. The Morgan fingerprint density at radius 1 is 1.20 bits per heavy atom. The summed E-state index contributed by atoms with van der Waals surface area (Å²) in [5.74, 6) is 0.0521. The molecule has 100 valence electrons. The van der Waals surface area contributed by atoms with Gasteiger partial charge in [0, 0.05) is 4.88 Å². The number of thiophene rings is 1. The summed E-state index contributed by atoms with van der Waals surface area (Å²) in [7, 11) is 0. The van der Waals surface area contributed by atoms with Crippen molar-refractivity contribution in [1.82, 2.24) is 5.32 Å². The second-order valence-corrected chi connectivity index (χ2v) is 6.02. The molecule has 1 saturated heterocycles. The Hall–Kier alpha value is -2.05. The molecule has 1 aromatic carbocycles. The number of rotatable bonds is 2. The van der Waals surface area contributed by atoms with Crippen LogP contribution in [0.25, 0.3) is 6.08 Å². The molecule has 2 heterocycles. The standard InChI is InChI=1S/C14H10N2O2S2/c17-10-5-3-9(4-6-10)15-14-16-13(18)12(20-14)8-11-2-1-7-19-11/h1-8,17H,(H,15,16,18). The predicted octanol–water partition coefficient (Wildman–Crippen LogP) is 3.35. The lowest BCUT2D eigenvalue weighted by atomic mass is 10.3. The van der Waals surface area contributed by atoms with Gasteiger partial charge in [-0.1, -0.05) is 6.07 Å². The number of thioether (sulfide) groups is 1. The van der Waals surface area contributed by atoms with Crippen LogP contribution in [0.4, 0.5) is 5.69 Å². The fraction of sp³-hybridized carbons (Fsp3) is 0. The molecule has 1 fully saturated rings. The lowest BCUT2D eigenvalue weighted by molar-refractivity contribution is -0.115. The molecule has 3 rings (SSSR count). The van der Waals surface area contributed by atoms with Gasteiger partial charge in [0.05, 0.1) is 10.6 Å². The van der Waals surface area contributed by atoms with Gasteiger partial charge in [0.1, 0.15) is 5.75 Å². The van der Waals surface area contributed by atoms with Gasteiger partial charge in [-0.25, -0.2) is 4.99 Å². The van der Waals surface area contributed by atoms with Crippen LogP contribution in [-0.2, 0) is 4.79 Å². The quantitative estimate of drug-likeness (QED) is 0.836. The van der Waals surface area contributed by atoms with Crippen molar-refractivity contribution in [3.05, 3.63) is 51.6 Å². The van der Waals surface area contributed by atoms with Crippen LogP contribution >= 0.6 is 23.1 Å². The first kappa shape index (κ1) is 13.0. The van der Waals surface area contributed by atoms with Crippen LogP contribution in [0.2, 0.25) is 0 Å². The molecule has 1 aliphatic heterocycles. The number of benzene rings is 1. The largest absolute Gasteiger partial charge is 0.508 e. The number of phenolic OH excluding ortho intramolecular Hbond substituents is 1. The SMILES string of the molecule is O=C1NC(=Nc2ccc(O)cc2)SC1=Cc1cccs1. The number of aromatic hydroxyl groups is 1. The first-order valence-corrected chi connectivity index (χ1v) is 7.52. The molecule has 6 heteroatoms. The zero-order valence-electron chi connectivity index (χ0n) is 10.2. The number of hydrogen-bond acceptors (Lipinski definition) is 5. The number of carbonyl (C=O) groups is 1. The third kappa shape index (κ3) is 2.92. The number of nitrogens with zero attached hydrogens (tertiary/aromatic N) is 1. The van der Waals surface area contributed by atoms with E-state index in [1.54, 1.807) is 35.6 Å². The molecule has 0 unspecified atom stereocenters. The number of amides is 1. The van der Waals surface area contributed by atoms with E-state index in [1.165, 1.54) is 11.8 Å². The molecule has 20 heavy (non-hydrogen) atoms. The van der Waals surface area contributed by atoms with Gasteiger partial charge >= 0.3 is 0 Å². The van der Waals surface area contributed by atoms with Gasteiger partial charge in [-0.3, -0.25) is 4.79 Å². The maximum absolute atomic E-state index is 11.8. The Balaban J connectivity index is 1.81. The zero-order chi connectivity index (χ0) is 13.9. The van der Waals surface area contributed by atoms with Gasteiger partial charge in [-0.15, -0.1) is 11.3 Å². The van der Waals surface area contributed by atoms with E-state index in [2.05, 4.69) is 10.3 Å². The molecule has 0 spiro atoms. The summed E-state index contributed by atoms with van der Waals surface area (Å²) >= 11 is 2.89. The van der Waals surface area contributed by atoms with E-state index in [4.69, 9.17) is 0 Å². The van der Waals surface area contributed by atoms with E-state index < -0.39 is 0 Å². The number of carbonyl (C=O) groups excluding carboxylic acids is 1. The van der Waals surface area contributed by atoms with Crippen molar-refractivity contribution in [2.45, 2.75) is 0 Å². The van der Waals surface area contributed by atoms with Crippen molar-refractivity contribution in [2.24, 2.45) is 4.99 Å². The normalized spacial score (nSPS) is 18.7. The van der Waals surface area contributed by atoms with E-state index in [-0.39, 0.29) is 11.7 Å². The van der Waals surface area contributed by atoms with Crippen molar-refractivity contribution in [2.75, 3.05) is 0 Å². The van der Waals surface area contributed by atoms with Crippen molar-refractivity contribution in [3.8, 4) is 5.75 Å². The van der Waals surface area contributed by atoms with Crippen LogP contribution in [0.5, 0.6) is 5.75 Å². The molecule has 0 atom stereocenters. The van der Waals surface area contributed by atoms with Gasteiger partial charge in [0.15, 0.2) is 5.17 Å². The first-order valence-electron chi connectivity index (χ1n) is 5.83. The average molecular weight is 302 g/mol. The Labute approximate surface area is 123 Å². The molecule has 0 bridgehead atoms. The maximum atomic E-state index is 11.8. The number of nitrogens with one attached hydrogen (secondary N) is 1. The van der Waals surface area contributed by atoms with Gasteiger partial charge in [-0.05, 0) is 53.5 Å². The third-order valence-electron chi connectivity index (χ3n) is 2.55. The number of aliphatic imine (C=N–C) groups is 1. The molecule has 1 aliphatic rings. The summed E-state index contributed by atoms with van der Waals surface area (Å²) < 4.78 is 0. The second-order valence-electron chi connectivity index (χ2n) is 4.01. The summed E-state index contributed by atoms with van der Waals surface area (Å²) in [6.07, 6.45) is 1.85. The van der Waals surface area contributed by atoms with Crippen LogP contribution in [0, 0.1) is 0 Å². The van der Waals surface area contributed by atoms with Gasteiger partial charge in [0.2, 0.25) is 0 Å². The Morgan fingerprint density at radius 2 is 2.00 bits per heavy atom. The summed E-state index contributed by atoms with van der Waals surface area (Å²) in [5.41, 5.74) is 0.683. The highest BCUT2D eigenvalue weighted by Gasteiger charge is 2.23. The van der Waals surface area contributed by atoms with Crippen LogP contribution in [0.15, 0.2) is 51.7 Å².